The molecule has 0 saturated carbocycles. The molecule has 0 fully saturated rings. The van der Waals surface area contributed by atoms with Gasteiger partial charge in [-0.25, -0.2) is 0 Å². The highest BCUT2D eigenvalue weighted by Crippen LogP contribution is 2.20. The van der Waals surface area contributed by atoms with Gasteiger partial charge in [0.1, 0.15) is 0 Å². The van der Waals surface area contributed by atoms with Crippen molar-refractivity contribution in [1.29, 1.82) is 0 Å². The summed E-state index contributed by atoms with van der Waals surface area (Å²) in [5.41, 5.74) is 8.69. The van der Waals surface area contributed by atoms with E-state index in [9.17, 15) is 0 Å². The lowest BCUT2D eigenvalue weighted by Gasteiger charge is -2.04. The van der Waals surface area contributed by atoms with Gasteiger partial charge in [0, 0.05) is 37.8 Å². The first-order chi connectivity index (χ1) is 9.79. The minimum absolute atomic E-state index is 0.655. The molecule has 0 bridgehead atoms. The van der Waals surface area contributed by atoms with Gasteiger partial charge in [-0.05, 0) is 24.1 Å². The largest absolute Gasteiger partial charge is 0.399 e. The number of ether oxygens (including phenoxy) is 2. The van der Waals surface area contributed by atoms with Crippen LogP contribution in [0.25, 0.3) is 11.1 Å². The summed E-state index contributed by atoms with van der Waals surface area (Å²) in [7, 11) is 1.70. The third-order valence-electron chi connectivity index (χ3n) is 2.96. The van der Waals surface area contributed by atoms with Crippen LogP contribution in [0.2, 0.25) is 0 Å². The van der Waals surface area contributed by atoms with E-state index in [2.05, 4.69) is 5.10 Å². The normalized spacial score (nSPS) is 10.8. The summed E-state index contributed by atoms with van der Waals surface area (Å²) in [6.45, 7) is 2.86. The molecule has 1 aromatic carbocycles. The van der Waals surface area contributed by atoms with Crippen LogP contribution in [0.15, 0.2) is 36.7 Å². The molecule has 1 heterocycles. The second kappa shape index (κ2) is 7.67. The average Bonchev–Trinajstić information content (AvgIpc) is 2.91. The van der Waals surface area contributed by atoms with E-state index in [1.165, 1.54) is 0 Å². The van der Waals surface area contributed by atoms with Gasteiger partial charge in [-0.15, -0.1) is 0 Å². The first kappa shape index (κ1) is 14.6. The van der Waals surface area contributed by atoms with E-state index in [4.69, 9.17) is 15.2 Å². The predicted molar refractivity (Wildman–Crippen MR) is 79.4 cm³/mol. The monoisotopic (exact) mass is 275 g/mol. The number of nitrogens with two attached hydrogens (primary N) is 1. The lowest BCUT2D eigenvalue weighted by molar-refractivity contribution is 0.0961. The van der Waals surface area contributed by atoms with Crippen LogP contribution in [0.3, 0.4) is 0 Å². The van der Waals surface area contributed by atoms with Crippen molar-refractivity contribution < 1.29 is 9.47 Å². The highest BCUT2D eigenvalue weighted by Gasteiger charge is 2.02. The molecular weight excluding hydrogens is 254 g/mol. The van der Waals surface area contributed by atoms with Gasteiger partial charge in [0.25, 0.3) is 0 Å². The van der Waals surface area contributed by atoms with Crippen molar-refractivity contribution >= 4 is 5.69 Å². The van der Waals surface area contributed by atoms with Gasteiger partial charge >= 0.3 is 0 Å². The summed E-state index contributed by atoms with van der Waals surface area (Å²) < 4.78 is 12.4. The van der Waals surface area contributed by atoms with Gasteiger partial charge in [0.05, 0.1) is 19.3 Å². The number of nitrogens with zero attached hydrogens (tertiary/aromatic N) is 2. The molecular formula is C15H21N3O2. The van der Waals surface area contributed by atoms with Gasteiger partial charge in [0.2, 0.25) is 0 Å². The molecule has 0 aliphatic rings. The Morgan fingerprint density at radius 2 is 2.10 bits per heavy atom. The van der Waals surface area contributed by atoms with Gasteiger partial charge in [0.15, 0.2) is 0 Å². The third kappa shape index (κ3) is 4.36. The van der Waals surface area contributed by atoms with E-state index in [0.29, 0.717) is 6.61 Å². The Hall–Kier alpha value is -1.85. The lowest BCUT2D eigenvalue weighted by Crippen LogP contribution is -2.08. The fourth-order valence-corrected chi connectivity index (χ4v) is 1.92. The summed E-state index contributed by atoms with van der Waals surface area (Å²) in [5, 5.41) is 4.33. The molecule has 108 valence electrons. The molecule has 5 nitrogen and oxygen atoms in total. The SMILES string of the molecule is COCCCOCCn1cc(-c2cccc(N)c2)cn1. The maximum atomic E-state index is 5.78. The Labute approximate surface area is 119 Å². The van der Waals surface area contributed by atoms with Crippen molar-refractivity contribution in [2.75, 3.05) is 32.7 Å². The maximum Gasteiger partial charge on any atom is 0.0662 e. The Balaban J connectivity index is 1.80. The van der Waals surface area contributed by atoms with Crippen LogP contribution in [0, 0.1) is 0 Å². The van der Waals surface area contributed by atoms with Gasteiger partial charge in [-0.1, -0.05) is 12.1 Å². The van der Waals surface area contributed by atoms with Crippen molar-refractivity contribution in [1.82, 2.24) is 9.78 Å². The molecule has 2 rings (SSSR count). The maximum absolute atomic E-state index is 5.78. The van der Waals surface area contributed by atoms with Crippen LogP contribution in [0.4, 0.5) is 5.69 Å². The molecule has 0 unspecified atom stereocenters. The summed E-state index contributed by atoms with van der Waals surface area (Å²) in [4.78, 5) is 0. The molecule has 1 aromatic heterocycles. The van der Waals surface area contributed by atoms with E-state index < -0.39 is 0 Å². The minimum atomic E-state index is 0.655. The van der Waals surface area contributed by atoms with E-state index in [0.717, 1.165) is 43.0 Å². The van der Waals surface area contributed by atoms with E-state index >= 15 is 0 Å². The van der Waals surface area contributed by atoms with Crippen LogP contribution >= 0.6 is 0 Å². The number of aromatic nitrogens is 2. The summed E-state index contributed by atoms with van der Waals surface area (Å²) in [6.07, 6.45) is 4.77. The molecule has 2 aromatic rings. The molecule has 0 aliphatic heterocycles. The second-order valence-corrected chi connectivity index (χ2v) is 4.58. The second-order valence-electron chi connectivity index (χ2n) is 4.58. The third-order valence-corrected chi connectivity index (χ3v) is 2.96. The molecule has 0 radical (unpaired) electrons. The zero-order valence-corrected chi connectivity index (χ0v) is 11.8. The van der Waals surface area contributed by atoms with Crippen LogP contribution < -0.4 is 5.73 Å². The highest BCUT2D eigenvalue weighted by atomic mass is 16.5. The highest BCUT2D eigenvalue weighted by molar-refractivity contribution is 5.65. The topological polar surface area (TPSA) is 62.3 Å². The number of nitrogen functional groups attached to an aromatic ring is 1. The molecule has 0 amide bonds. The molecule has 2 N–H and O–H groups in total. The first-order valence-corrected chi connectivity index (χ1v) is 6.74. The number of rotatable bonds is 8. The molecule has 0 aliphatic carbocycles. The fraction of sp³-hybridized carbons (Fsp3) is 0.400. The lowest BCUT2D eigenvalue weighted by atomic mass is 10.1. The van der Waals surface area contributed by atoms with Crippen LogP contribution in [-0.4, -0.2) is 36.7 Å². The Morgan fingerprint density at radius 3 is 2.90 bits per heavy atom. The zero-order valence-electron chi connectivity index (χ0n) is 11.8. The fourth-order valence-electron chi connectivity index (χ4n) is 1.92. The number of anilines is 1. The molecule has 0 spiro atoms. The Bertz CT molecular complexity index is 525. The minimum Gasteiger partial charge on any atom is -0.399 e. The van der Waals surface area contributed by atoms with Crippen LogP contribution in [0.1, 0.15) is 6.42 Å². The van der Waals surface area contributed by atoms with Crippen molar-refractivity contribution in [3.63, 3.8) is 0 Å². The average molecular weight is 275 g/mol. The van der Waals surface area contributed by atoms with Crippen molar-refractivity contribution in [2.45, 2.75) is 13.0 Å². The standard InChI is InChI=1S/C15H21N3O2/c1-19-7-3-8-20-9-6-18-12-14(11-17-18)13-4-2-5-15(16)10-13/h2,4-5,10-12H,3,6-9,16H2,1H3. The van der Waals surface area contributed by atoms with Crippen molar-refractivity contribution in [3.8, 4) is 11.1 Å². The molecule has 20 heavy (non-hydrogen) atoms. The quantitative estimate of drug-likeness (QED) is 0.592. The molecule has 0 atom stereocenters. The number of hydrogen-bond donors (Lipinski definition) is 1. The Morgan fingerprint density at radius 1 is 1.20 bits per heavy atom. The molecule has 5 heteroatoms. The summed E-state index contributed by atoms with van der Waals surface area (Å²) in [5.74, 6) is 0. The van der Waals surface area contributed by atoms with Gasteiger partial charge in [-0.3, -0.25) is 4.68 Å². The first-order valence-electron chi connectivity index (χ1n) is 6.74. The van der Waals surface area contributed by atoms with E-state index in [-0.39, 0.29) is 0 Å². The van der Waals surface area contributed by atoms with E-state index in [1.54, 1.807) is 7.11 Å². The Kier molecular flexibility index (Phi) is 5.58. The van der Waals surface area contributed by atoms with Gasteiger partial charge < -0.3 is 15.2 Å². The van der Waals surface area contributed by atoms with Crippen LogP contribution in [-0.2, 0) is 16.0 Å². The predicted octanol–water partition coefficient (Wildman–Crippen LogP) is 2.19. The number of hydrogen-bond acceptors (Lipinski definition) is 4. The van der Waals surface area contributed by atoms with Crippen molar-refractivity contribution in [3.05, 3.63) is 36.7 Å². The van der Waals surface area contributed by atoms with E-state index in [1.807, 2.05) is 41.3 Å². The summed E-state index contributed by atoms with van der Waals surface area (Å²) >= 11 is 0. The van der Waals surface area contributed by atoms with Gasteiger partial charge in [-0.2, -0.15) is 5.10 Å². The smallest absolute Gasteiger partial charge is 0.0662 e. The number of benzene rings is 1. The number of methoxy groups -OCH3 is 1. The van der Waals surface area contributed by atoms with Crippen LogP contribution in [0.5, 0.6) is 0 Å². The molecule has 0 saturated heterocycles. The summed E-state index contributed by atoms with van der Waals surface area (Å²) in [6, 6.07) is 7.80. The zero-order chi connectivity index (χ0) is 14.2. The van der Waals surface area contributed by atoms with Crippen molar-refractivity contribution in [2.24, 2.45) is 0 Å².